The van der Waals surface area contributed by atoms with Gasteiger partial charge in [-0.15, -0.1) is 0 Å². The Hall–Kier alpha value is -3.66. The average molecular weight is 600 g/mol. The summed E-state index contributed by atoms with van der Waals surface area (Å²) in [5.74, 6) is 0.754. The molecule has 0 saturated carbocycles. The number of sulfonamides is 1. The Bertz CT molecular complexity index is 1680. The van der Waals surface area contributed by atoms with Crippen molar-refractivity contribution in [2.75, 3.05) is 50.5 Å². The van der Waals surface area contributed by atoms with Crippen LogP contribution in [0, 0.1) is 13.8 Å². The maximum Gasteiger partial charge on any atom is 0.413 e. The fourth-order valence-corrected chi connectivity index (χ4v) is 7.99. The zero-order chi connectivity index (χ0) is 29.3. The first-order valence-electron chi connectivity index (χ1n) is 13.1. The van der Waals surface area contributed by atoms with Crippen LogP contribution in [0.5, 0.6) is 0 Å². The van der Waals surface area contributed by atoms with Crippen LogP contribution >= 0.6 is 11.3 Å². The number of ether oxygens (including phenoxy) is 1. The van der Waals surface area contributed by atoms with Gasteiger partial charge in [0.05, 0.1) is 24.0 Å². The van der Waals surface area contributed by atoms with Crippen molar-refractivity contribution in [3.05, 3.63) is 42.1 Å². The molecule has 0 radical (unpaired) electrons. The molecule has 1 atom stereocenters. The van der Waals surface area contributed by atoms with E-state index >= 15 is 0 Å². The second-order valence-electron chi connectivity index (χ2n) is 9.98. The van der Waals surface area contributed by atoms with Gasteiger partial charge >= 0.3 is 6.09 Å². The molecular weight excluding hydrogens is 566 g/mol. The van der Waals surface area contributed by atoms with Crippen molar-refractivity contribution >= 4 is 49.3 Å². The van der Waals surface area contributed by atoms with E-state index in [0.29, 0.717) is 38.4 Å². The summed E-state index contributed by atoms with van der Waals surface area (Å²) in [6.45, 7) is 8.30. The fourth-order valence-electron chi connectivity index (χ4n) is 5.03. The van der Waals surface area contributed by atoms with Crippen molar-refractivity contribution in [3.8, 4) is 11.1 Å². The molecule has 1 fully saturated rings. The van der Waals surface area contributed by atoms with Crippen LogP contribution in [0.3, 0.4) is 0 Å². The quantitative estimate of drug-likeness (QED) is 0.310. The maximum absolute atomic E-state index is 13.3. The Labute approximate surface area is 242 Å². The monoisotopic (exact) mass is 599 g/mol. The van der Waals surface area contributed by atoms with E-state index in [1.807, 2.05) is 38.4 Å². The number of aryl methyl sites for hydroxylation is 3. The van der Waals surface area contributed by atoms with Crippen LogP contribution in [0.2, 0.25) is 0 Å². The molecule has 1 saturated heterocycles. The molecule has 1 amide bonds. The van der Waals surface area contributed by atoms with E-state index in [4.69, 9.17) is 0 Å². The molecule has 3 aromatic heterocycles. The van der Waals surface area contributed by atoms with E-state index in [2.05, 4.69) is 47.2 Å². The van der Waals surface area contributed by atoms with Gasteiger partial charge in [0.25, 0.3) is 10.0 Å². The highest BCUT2D eigenvalue weighted by Crippen LogP contribution is 2.32. The molecule has 218 valence electrons. The summed E-state index contributed by atoms with van der Waals surface area (Å²) in [5.41, 5.74) is 4.18. The Morgan fingerprint density at radius 3 is 2.56 bits per heavy atom. The van der Waals surface area contributed by atoms with Crippen molar-refractivity contribution in [2.45, 2.75) is 31.0 Å². The number of hydrogen-bond acceptors (Lipinski definition) is 11. The molecule has 41 heavy (non-hydrogen) atoms. The van der Waals surface area contributed by atoms with Gasteiger partial charge in [-0.05, 0) is 26.8 Å². The van der Waals surface area contributed by atoms with Gasteiger partial charge in [-0.2, -0.15) is 9.40 Å². The number of hydrogen-bond donors (Lipinski definition) is 2. The number of nitrogens with one attached hydrogen (secondary N) is 2. The summed E-state index contributed by atoms with van der Waals surface area (Å²) in [5, 5.41) is 11.6. The smallest absolute Gasteiger partial charge is 0.413 e. The van der Waals surface area contributed by atoms with Crippen molar-refractivity contribution in [1.82, 2.24) is 33.9 Å². The zero-order valence-electron chi connectivity index (χ0n) is 23.6. The van der Waals surface area contributed by atoms with E-state index in [0.717, 1.165) is 44.9 Å². The van der Waals surface area contributed by atoms with E-state index in [1.54, 1.807) is 17.9 Å². The van der Waals surface area contributed by atoms with Gasteiger partial charge in [0.15, 0.2) is 9.34 Å². The molecule has 2 N–H and O–H groups in total. The fraction of sp³-hybridized carbons (Fsp3) is 0.423. The van der Waals surface area contributed by atoms with Crippen molar-refractivity contribution < 1.29 is 17.9 Å². The number of carbonyl (C=O) groups excluding carboxylic acids is 1. The molecule has 1 unspecified atom stereocenters. The first-order valence-corrected chi connectivity index (χ1v) is 15.4. The van der Waals surface area contributed by atoms with E-state index < -0.39 is 16.1 Å². The summed E-state index contributed by atoms with van der Waals surface area (Å²) in [6, 6.07) is 6.11. The second-order valence-corrected chi connectivity index (χ2v) is 13.1. The van der Waals surface area contributed by atoms with Gasteiger partial charge < -0.3 is 10.1 Å². The minimum absolute atomic E-state index is 0.0516. The molecule has 4 heterocycles. The van der Waals surface area contributed by atoms with Crippen LogP contribution in [-0.2, 0) is 21.8 Å². The van der Waals surface area contributed by atoms with E-state index in [9.17, 15) is 13.2 Å². The van der Waals surface area contributed by atoms with Crippen LogP contribution in [-0.4, -0.2) is 94.3 Å². The highest BCUT2D eigenvalue weighted by atomic mass is 32.2. The van der Waals surface area contributed by atoms with Gasteiger partial charge in [0.1, 0.15) is 12.1 Å². The zero-order valence-corrected chi connectivity index (χ0v) is 25.2. The normalized spacial score (nSPS) is 15.6. The number of methoxy groups -OCH3 is 1. The summed E-state index contributed by atoms with van der Waals surface area (Å²) < 4.78 is 34.6. The first-order chi connectivity index (χ1) is 19.6. The predicted molar refractivity (Wildman–Crippen MR) is 158 cm³/mol. The standard InChI is InChI=1S/C26H33N9O4S2/c1-16(29-23-20-8-6-7-19(22(20)27-15-28-23)21-14-33(4)32-17(21)2)13-34-9-11-35(12-10-34)41(37,38)24-18(3)30-25(40-24)31-26(36)39-5/h6-8,14-16H,9-13H2,1-5H3,(H,27,28,29)(H,30,31,36). The number of thiazole rings is 1. The molecule has 4 aromatic rings. The van der Waals surface area contributed by atoms with Crippen LogP contribution in [0.1, 0.15) is 18.3 Å². The minimum Gasteiger partial charge on any atom is -0.453 e. The lowest BCUT2D eigenvalue weighted by Crippen LogP contribution is -2.50. The van der Waals surface area contributed by atoms with Crippen LogP contribution in [0.15, 0.2) is 34.9 Å². The van der Waals surface area contributed by atoms with Gasteiger partial charge in [0, 0.05) is 68.5 Å². The predicted octanol–water partition coefficient (Wildman–Crippen LogP) is 3.09. The number of piperazine rings is 1. The molecule has 1 aliphatic heterocycles. The number of anilines is 2. The second kappa shape index (κ2) is 11.7. The Morgan fingerprint density at radius 2 is 1.88 bits per heavy atom. The summed E-state index contributed by atoms with van der Waals surface area (Å²) in [7, 11) is -0.595. The third-order valence-electron chi connectivity index (χ3n) is 6.94. The van der Waals surface area contributed by atoms with Crippen LogP contribution in [0.4, 0.5) is 15.7 Å². The number of amides is 1. The highest BCUT2D eigenvalue weighted by molar-refractivity contribution is 7.91. The van der Waals surface area contributed by atoms with Crippen molar-refractivity contribution in [2.24, 2.45) is 7.05 Å². The molecule has 5 rings (SSSR count). The van der Waals surface area contributed by atoms with Gasteiger partial charge in [-0.1, -0.05) is 23.5 Å². The number of fused-ring (bicyclic) bond motifs is 1. The summed E-state index contributed by atoms with van der Waals surface area (Å²) in [4.78, 5) is 27.0. The third kappa shape index (κ3) is 6.02. The molecule has 1 aliphatic rings. The minimum atomic E-state index is -3.74. The first kappa shape index (κ1) is 28.9. The molecule has 15 heteroatoms. The Balaban J connectivity index is 1.23. The summed E-state index contributed by atoms with van der Waals surface area (Å²) >= 11 is 0.926. The van der Waals surface area contributed by atoms with Gasteiger partial charge in [-0.3, -0.25) is 14.9 Å². The maximum atomic E-state index is 13.3. The summed E-state index contributed by atoms with van der Waals surface area (Å²) in [6.07, 6.45) is 2.87. The lowest BCUT2D eigenvalue weighted by molar-refractivity contribution is 0.184. The number of para-hydroxylation sites is 1. The van der Waals surface area contributed by atoms with E-state index in [1.165, 1.54) is 11.4 Å². The lowest BCUT2D eigenvalue weighted by atomic mass is 10.0. The van der Waals surface area contributed by atoms with E-state index in [-0.39, 0.29) is 15.4 Å². The highest BCUT2D eigenvalue weighted by Gasteiger charge is 2.32. The molecular formula is C26H33N9O4S2. The van der Waals surface area contributed by atoms with Gasteiger partial charge in [0.2, 0.25) is 0 Å². The van der Waals surface area contributed by atoms with Crippen LogP contribution in [0.25, 0.3) is 22.0 Å². The number of nitrogens with zero attached hydrogens (tertiary/aromatic N) is 7. The Kier molecular flexibility index (Phi) is 8.22. The number of benzene rings is 1. The van der Waals surface area contributed by atoms with Gasteiger partial charge in [-0.25, -0.2) is 28.2 Å². The largest absolute Gasteiger partial charge is 0.453 e. The van der Waals surface area contributed by atoms with Crippen molar-refractivity contribution in [3.63, 3.8) is 0 Å². The number of aromatic nitrogens is 5. The molecule has 1 aromatic carbocycles. The average Bonchev–Trinajstić information content (AvgIpc) is 3.48. The Morgan fingerprint density at radius 1 is 1.12 bits per heavy atom. The number of rotatable bonds is 8. The van der Waals surface area contributed by atoms with Crippen LogP contribution < -0.4 is 10.6 Å². The lowest BCUT2D eigenvalue weighted by Gasteiger charge is -2.35. The molecule has 13 nitrogen and oxygen atoms in total. The SMILES string of the molecule is COC(=O)Nc1nc(C)c(S(=O)(=O)N2CCN(CC(C)Nc3ncnc4c(-c5cn(C)nc5C)cccc34)CC2)s1. The topological polar surface area (TPSA) is 147 Å². The van der Waals surface area contributed by atoms with Crippen molar-refractivity contribution in [1.29, 1.82) is 0 Å². The third-order valence-corrected chi connectivity index (χ3v) is 10.5. The number of carbonyl (C=O) groups is 1. The molecule has 0 aliphatic carbocycles. The molecule has 0 bridgehead atoms. The molecule has 0 spiro atoms.